The molecule has 1 atom stereocenters. The standard InChI is InChI=1S/C13H22O4/c1-2-8-13(12(16)17,9-11(14)15)10-6-4-3-5-7-10/h10H,2-9H2,1H3,(H,14,15)(H,16,17). The summed E-state index contributed by atoms with van der Waals surface area (Å²) in [6.07, 6.45) is 5.88. The SMILES string of the molecule is CCCC(CC(=O)O)(C(=O)O)C1CCCCC1. The summed E-state index contributed by atoms with van der Waals surface area (Å²) in [5.41, 5.74) is -1.04. The van der Waals surface area contributed by atoms with E-state index in [0.29, 0.717) is 6.42 Å². The third-order valence-electron chi connectivity index (χ3n) is 3.98. The van der Waals surface area contributed by atoms with Gasteiger partial charge in [-0.05, 0) is 25.2 Å². The molecule has 1 rings (SSSR count). The maximum absolute atomic E-state index is 11.6. The van der Waals surface area contributed by atoms with Crippen LogP contribution in [0.5, 0.6) is 0 Å². The normalized spacial score (nSPS) is 20.8. The van der Waals surface area contributed by atoms with Crippen molar-refractivity contribution >= 4 is 11.9 Å². The Kier molecular flexibility index (Phi) is 4.97. The second kappa shape index (κ2) is 6.03. The van der Waals surface area contributed by atoms with Gasteiger partial charge in [0.1, 0.15) is 0 Å². The lowest BCUT2D eigenvalue weighted by atomic mass is 9.64. The van der Waals surface area contributed by atoms with Crippen LogP contribution in [-0.2, 0) is 9.59 Å². The van der Waals surface area contributed by atoms with Gasteiger partial charge in [0.05, 0.1) is 11.8 Å². The van der Waals surface area contributed by atoms with Crippen LogP contribution in [-0.4, -0.2) is 22.2 Å². The zero-order chi connectivity index (χ0) is 12.9. The zero-order valence-corrected chi connectivity index (χ0v) is 10.4. The first-order chi connectivity index (χ1) is 8.03. The van der Waals surface area contributed by atoms with E-state index in [9.17, 15) is 14.7 Å². The van der Waals surface area contributed by atoms with Crippen LogP contribution in [0.1, 0.15) is 58.3 Å². The molecule has 17 heavy (non-hydrogen) atoms. The van der Waals surface area contributed by atoms with Crippen LogP contribution in [0.25, 0.3) is 0 Å². The Labute approximate surface area is 102 Å². The van der Waals surface area contributed by atoms with E-state index in [1.165, 1.54) is 0 Å². The third-order valence-corrected chi connectivity index (χ3v) is 3.98. The quantitative estimate of drug-likeness (QED) is 0.751. The highest BCUT2D eigenvalue weighted by Gasteiger charge is 2.46. The van der Waals surface area contributed by atoms with Gasteiger partial charge in [0.25, 0.3) is 0 Å². The Morgan fingerprint density at radius 1 is 1.18 bits per heavy atom. The average molecular weight is 242 g/mol. The molecule has 1 aliphatic rings. The van der Waals surface area contributed by atoms with E-state index in [0.717, 1.165) is 38.5 Å². The number of aliphatic carboxylic acids is 2. The predicted molar refractivity (Wildman–Crippen MR) is 63.8 cm³/mol. The molecule has 0 aromatic rings. The van der Waals surface area contributed by atoms with Gasteiger partial charge in [-0.15, -0.1) is 0 Å². The molecule has 0 radical (unpaired) electrons. The molecule has 0 bridgehead atoms. The Balaban J connectivity index is 2.94. The summed E-state index contributed by atoms with van der Waals surface area (Å²) >= 11 is 0. The van der Waals surface area contributed by atoms with Gasteiger partial charge in [0.15, 0.2) is 0 Å². The predicted octanol–water partition coefficient (Wildman–Crippen LogP) is 2.91. The largest absolute Gasteiger partial charge is 0.481 e. The van der Waals surface area contributed by atoms with Crippen molar-refractivity contribution in [3.05, 3.63) is 0 Å². The minimum atomic E-state index is -1.04. The minimum absolute atomic E-state index is 0.0322. The first kappa shape index (κ1) is 14.0. The zero-order valence-electron chi connectivity index (χ0n) is 10.4. The van der Waals surface area contributed by atoms with Crippen LogP contribution in [0.2, 0.25) is 0 Å². The van der Waals surface area contributed by atoms with Gasteiger partial charge in [-0.25, -0.2) is 0 Å². The summed E-state index contributed by atoms with van der Waals surface area (Å²) in [7, 11) is 0. The van der Waals surface area contributed by atoms with Crippen LogP contribution < -0.4 is 0 Å². The molecule has 98 valence electrons. The Morgan fingerprint density at radius 3 is 2.18 bits per heavy atom. The topological polar surface area (TPSA) is 74.6 Å². The van der Waals surface area contributed by atoms with Crippen LogP contribution in [0, 0.1) is 11.3 Å². The van der Waals surface area contributed by atoms with Gasteiger partial charge >= 0.3 is 11.9 Å². The molecule has 2 N–H and O–H groups in total. The molecule has 1 saturated carbocycles. The molecular formula is C13H22O4. The fourth-order valence-electron chi connectivity index (χ4n) is 3.17. The smallest absolute Gasteiger partial charge is 0.310 e. The van der Waals surface area contributed by atoms with E-state index in [4.69, 9.17) is 5.11 Å². The van der Waals surface area contributed by atoms with E-state index >= 15 is 0 Å². The van der Waals surface area contributed by atoms with E-state index in [1.54, 1.807) is 0 Å². The summed E-state index contributed by atoms with van der Waals surface area (Å²) in [5.74, 6) is -1.88. The van der Waals surface area contributed by atoms with E-state index in [-0.39, 0.29) is 12.3 Å². The molecule has 4 heteroatoms. The number of carboxylic acid groups (broad SMARTS) is 2. The van der Waals surface area contributed by atoms with Crippen molar-refractivity contribution < 1.29 is 19.8 Å². The fourth-order valence-corrected chi connectivity index (χ4v) is 3.17. The van der Waals surface area contributed by atoms with Gasteiger partial charge in [0, 0.05) is 0 Å². The van der Waals surface area contributed by atoms with Crippen molar-refractivity contribution in [2.24, 2.45) is 11.3 Å². The lowest BCUT2D eigenvalue weighted by molar-refractivity contribution is -0.161. The highest BCUT2D eigenvalue weighted by Crippen LogP contribution is 2.44. The lowest BCUT2D eigenvalue weighted by Crippen LogP contribution is -2.41. The van der Waals surface area contributed by atoms with Gasteiger partial charge in [0.2, 0.25) is 0 Å². The van der Waals surface area contributed by atoms with E-state index in [2.05, 4.69) is 0 Å². The van der Waals surface area contributed by atoms with Crippen molar-refractivity contribution in [1.29, 1.82) is 0 Å². The lowest BCUT2D eigenvalue weighted by Gasteiger charge is -2.38. The van der Waals surface area contributed by atoms with Gasteiger partial charge in [-0.1, -0.05) is 32.6 Å². The summed E-state index contributed by atoms with van der Waals surface area (Å²) in [6.45, 7) is 1.92. The van der Waals surface area contributed by atoms with Crippen LogP contribution >= 0.6 is 0 Å². The van der Waals surface area contributed by atoms with Crippen molar-refractivity contribution in [2.75, 3.05) is 0 Å². The van der Waals surface area contributed by atoms with Crippen molar-refractivity contribution in [1.82, 2.24) is 0 Å². The number of carbonyl (C=O) groups is 2. The monoisotopic (exact) mass is 242 g/mol. The van der Waals surface area contributed by atoms with Gasteiger partial charge in [-0.2, -0.15) is 0 Å². The maximum Gasteiger partial charge on any atom is 0.310 e. The molecule has 1 fully saturated rings. The fraction of sp³-hybridized carbons (Fsp3) is 0.846. The number of carboxylic acids is 2. The number of rotatable bonds is 6. The van der Waals surface area contributed by atoms with Gasteiger partial charge < -0.3 is 10.2 Å². The van der Waals surface area contributed by atoms with E-state index < -0.39 is 17.4 Å². The molecule has 0 spiro atoms. The van der Waals surface area contributed by atoms with Crippen molar-refractivity contribution in [3.8, 4) is 0 Å². The highest BCUT2D eigenvalue weighted by atomic mass is 16.4. The number of hydrogen-bond donors (Lipinski definition) is 2. The summed E-state index contributed by atoms with van der Waals surface area (Å²) in [4.78, 5) is 22.6. The summed E-state index contributed by atoms with van der Waals surface area (Å²) in [5, 5.41) is 18.5. The Bertz CT molecular complexity index is 281. The van der Waals surface area contributed by atoms with Crippen molar-refractivity contribution in [2.45, 2.75) is 58.3 Å². The molecule has 1 aliphatic carbocycles. The molecule has 4 nitrogen and oxygen atoms in total. The second-order valence-corrected chi connectivity index (χ2v) is 5.12. The second-order valence-electron chi connectivity index (χ2n) is 5.12. The first-order valence-electron chi connectivity index (χ1n) is 6.48. The Hall–Kier alpha value is -1.06. The molecule has 0 aromatic carbocycles. The summed E-state index contributed by atoms with van der Waals surface area (Å²) < 4.78 is 0. The van der Waals surface area contributed by atoms with Crippen LogP contribution in [0.3, 0.4) is 0 Å². The maximum atomic E-state index is 11.6. The molecule has 0 amide bonds. The minimum Gasteiger partial charge on any atom is -0.481 e. The molecule has 0 aromatic heterocycles. The molecule has 1 unspecified atom stereocenters. The molecule has 0 saturated heterocycles. The molecule has 0 aliphatic heterocycles. The average Bonchev–Trinajstić information content (AvgIpc) is 2.28. The Morgan fingerprint density at radius 2 is 1.76 bits per heavy atom. The molecular weight excluding hydrogens is 220 g/mol. The summed E-state index contributed by atoms with van der Waals surface area (Å²) in [6, 6.07) is 0. The van der Waals surface area contributed by atoms with Gasteiger partial charge in [-0.3, -0.25) is 9.59 Å². The van der Waals surface area contributed by atoms with E-state index in [1.807, 2.05) is 6.92 Å². The van der Waals surface area contributed by atoms with Crippen molar-refractivity contribution in [3.63, 3.8) is 0 Å². The van der Waals surface area contributed by atoms with Crippen LogP contribution in [0.15, 0.2) is 0 Å². The highest BCUT2D eigenvalue weighted by molar-refractivity contribution is 5.81. The third kappa shape index (κ3) is 3.20. The van der Waals surface area contributed by atoms with Crippen LogP contribution in [0.4, 0.5) is 0 Å². The molecule has 0 heterocycles. The first-order valence-corrected chi connectivity index (χ1v) is 6.48. The number of hydrogen-bond acceptors (Lipinski definition) is 2.